The van der Waals surface area contributed by atoms with E-state index in [4.69, 9.17) is 14.2 Å². The highest BCUT2D eigenvalue weighted by Gasteiger charge is 2.41. The SMILES string of the molecule is CSc1cc2c(ncc(=O)n2[C@@H]2C[C@H](OC(=O)c3ccc(C)cc3)[C@@H](COC(=O)c3ccc(C)cc3)O2)c(=O)n1C. The average molecular weight is 576 g/mol. The molecule has 1 saturated heterocycles. The zero-order valence-corrected chi connectivity index (χ0v) is 23.8. The lowest BCUT2D eigenvalue weighted by Gasteiger charge is -2.19. The molecule has 0 bridgehead atoms. The third-order valence-corrected chi connectivity index (χ3v) is 7.84. The molecule has 0 N–H and O–H groups in total. The molecule has 0 unspecified atom stereocenters. The maximum absolute atomic E-state index is 13.1. The number of hydrogen-bond acceptors (Lipinski definition) is 9. The largest absolute Gasteiger partial charge is 0.459 e. The Morgan fingerprint density at radius 1 is 1.00 bits per heavy atom. The van der Waals surface area contributed by atoms with Gasteiger partial charge in [-0.15, -0.1) is 11.8 Å². The minimum Gasteiger partial charge on any atom is -0.459 e. The summed E-state index contributed by atoms with van der Waals surface area (Å²) in [6, 6.07) is 15.6. The molecule has 0 spiro atoms. The van der Waals surface area contributed by atoms with Gasteiger partial charge in [0.15, 0.2) is 5.52 Å². The summed E-state index contributed by atoms with van der Waals surface area (Å²) in [5, 5.41) is 0.632. The van der Waals surface area contributed by atoms with Gasteiger partial charge in [-0.05, 0) is 50.4 Å². The molecule has 11 heteroatoms. The Morgan fingerprint density at radius 2 is 1.61 bits per heavy atom. The van der Waals surface area contributed by atoms with Gasteiger partial charge in [0.25, 0.3) is 11.1 Å². The highest BCUT2D eigenvalue weighted by Crippen LogP contribution is 2.33. The van der Waals surface area contributed by atoms with E-state index >= 15 is 0 Å². The second-order valence-electron chi connectivity index (χ2n) is 9.89. The van der Waals surface area contributed by atoms with Crippen molar-refractivity contribution in [2.45, 2.75) is 43.7 Å². The number of pyridine rings is 1. The van der Waals surface area contributed by atoms with Gasteiger partial charge in [-0.2, -0.15) is 0 Å². The van der Waals surface area contributed by atoms with Crippen LogP contribution in [0.5, 0.6) is 0 Å². The van der Waals surface area contributed by atoms with Gasteiger partial charge in [-0.3, -0.25) is 14.2 Å². The van der Waals surface area contributed by atoms with Crippen molar-refractivity contribution in [3.63, 3.8) is 0 Å². The fourth-order valence-electron chi connectivity index (χ4n) is 4.71. The maximum atomic E-state index is 13.1. The lowest BCUT2D eigenvalue weighted by Crippen LogP contribution is -2.32. The van der Waals surface area contributed by atoms with E-state index < -0.39 is 35.9 Å². The molecule has 10 nitrogen and oxygen atoms in total. The van der Waals surface area contributed by atoms with Crippen LogP contribution in [0.4, 0.5) is 0 Å². The Labute approximate surface area is 239 Å². The summed E-state index contributed by atoms with van der Waals surface area (Å²) in [6.45, 7) is 3.61. The van der Waals surface area contributed by atoms with Crippen LogP contribution in [0.15, 0.2) is 75.4 Å². The molecule has 212 valence electrons. The van der Waals surface area contributed by atoms with Crippen molar-refractivity contribution < 1.29 is 23.8 Å². The van der Waals surface area contributed by atoms with E-state index in [1.807, 2.05) is 20.1 Å². The van der Waals surface area contributed by atoms with Crippen molar-refractivity contribution in [1.29, 1.82) is 0 Å². The summed E-state index contributed by atoms with van der Waals surface area (Å²) in [6.07, 6.45) is 0.363. The Bertz CT molecular complexity index is 1730. The quantitative estimate of drug-likeness (QED) is 0.239. The van der Waals surface area contributed by atoms with Crippen LogP contribution in [0.3, 0.4) is 0 Å². The monoisotopic (exact) mass is 575 g/mol. The Kier molecular flexibility index (Phi) is 8.09. The number of carbonyl (C=O) groups excluding carboxylic acids is 2. The predicted molar refractivity (Wildman–Crippen MR) is 153 cm³/mol. The summed E-state index contributed by atoms with van der Waals surface area (Å²) in [5.74, 6) is -1.13. The summed E-state index contributed by atoms with van der Waals surface area (Å²) < 4.78 is 20.4. The summed E-state index contributed by atoms with van der Waals surface area (Å²) in [7, 11) is 1.63. The van der Waals surface area contributed by atoms with E-state index in [0.29, 0.717) is 21.7 Å². The number of carbonyl (C=O) groups is 2. The van der Waals surface area contributed by atoms with Crippen LogP contribution in [0.25, 0.3) is 11.0 Å². The van der Waals surface area contributed by atoms with Crippen LogP contribution < -0.4 is 11.1 Å². The molecule has 4 aromatic rings. The van der Waals surface area contributed by atoms with Crippen LogP contribution in [-0.2, 0) is 21.3 Å². The van der Waals surface area contributed by atoms with Crippen LogP contribution >= 0.6 is 11.8 Å². The number of ether oxygens (including phenoxy) is 3. The molecular weight excluding hydrogens is 546 g/mol. The number of aromatic nitrogens is 3. The third kappa shape index (κ3) is 5.82. The van der Waals surface area contributed by atoms with Crippen molar-refractivity contribution in [3.05, 3.63) is 104 Å². The number of thioether (sulfide) groups is 1. The molecule has 3 atom stereocenters. The fourth-order valence-corrected chi connectivity index (χ4v) is 5.29. The number of fused-ring (bicyclic) bond motifs is 1. The van der Waals surface area contributed by atoms with E-state index in [-0.39, 0.29) is 24.1 Å². The lowest BCUT2D eigenvalue weighted by molar-refractivity contribution is -0.0569. The van der Waals surface area contributed by atoms with Gasteiger partial charge >= 0.3 is 11.9 Å². The molecule has 0 aliphatic carbocycles. The first-order valence-corrected chi connectivity index (χ1v) is 14.2. The van der Waals surface area contributed by atoms with Crippen LogP contribution in [-0.4, -0.2) is 51.1 Å². The van der Waals surface area contributed by atoms with Gasteiger partial charge in [-0.25, -0.2) is 14.6 Å². The van der Waals surface area contributed by atoms with E-state index in [1.165, 1.54) is 20.9 Å². The number of esters is 2. The number of benzene rings is 2. The Balaban J connectivity index is 1.46. The molecule has 2 aromatic carbocycles. The normalized spacial score (nSPS) is 18.4. The molecule has 0 radical (unpaired) electrons. The van der Waals surface area contributed by atoms with Gasteiger partial charge in [0.2, 0.25) is 0 Å². The van der Waals surface area contributed by atoms with Crippen LogP contribution in [0.2, 0.25) is 0 Å². The van der Waals surface area contributed by atoms with Gasteiger partial charge < -0.3 is 18.8 Å². The zero-order valence-electron chi connectivity index (χ0n) is 23.0. The highest BCUT2D eigenvalue weighted by atomic mass is 32.2. The standard InChI is InChI=1S/C30H29N3O7S/c1-17-5-9-19(10-6-17)29(36)38-16-23-22(40-30(37)20-11-7-18(2)8-12-20)14-25(39-23)33-21-13-26(41-4)32(3)28(35)27(21)31-15-24(33)34/h5-13,15,22-23,25H,14,16H2,1-4H3/t22-,23+,25-/m0/s1. The molecule has 1 aliphatic rings. The van der Waals surface area contributed by atoms with Crippen LogP contribution in [0, 0.1) is 13.8 Å². The van der Waals surface area contributed by atoms with Crippen LogP contribution in [0.1, 0.15) is 44.5 Å². The predicted octanol–water partition coefficient (Wildman–Crippen LogP) is 3.80. The highest BCUT2D eigenvalue weighted by molar-refractivity contribution is 7.98. The smallest absolute Gasteiger partial charge is 0.338 e. The molecular formula is C30H29N3O7S. The topological polar surface area (TPSA) is 119 Å². The first kappa shape index (κ1) is 28.3. The Morgan fingerprint density at radius 3 is 2.22 bits per heavy atom. The van der Waals surface area contributed by atoms with Crippen molar-refractivity contribution in [1.82, 2.24) is 14.1 Å². The van der Waals surface area contributed by atoms with Gasteiger partial charge in [0.05, 0.1) is 27.9 Å². The lowest BCUT2D eigenvalue weighted by atomic mass is 10.1. The molecule has 3 heterocycles. The van der Waals surface area contributed by atoms with Crippen molar-refractivity contribution in [2.75, 3.05) is 12.9 Å². The summed E-state index contributed by atoms with van der Waals surface area (Å²) >= 11 is 1.35. The van der Waals surface area contributed by atoms with Crippen molar-refractivity contribution >= 4 is 34.7 Å². The number of aryl methyl sites for hydroxylation is 2. The van der Waals surface area contributed by atoms with Gasteiger partial charge in [0.1, 0.15) is 25.0 Å². The average Bonchev–Trinajstić information content (AvgIpc) is 3.35. The fraction of sp³-hybridized carbons (Fsp3) is 0.300. The summed E-state index contributed by atoms with van der Waals surface area (Å²) in [5.41, 5.74) is 2.29. The number of hydrogen-bond donors (Lipinski definition) is 0. The van der Waals surface area contributed by atoms with E-state index in [0.717, 1.165) is 17.3 Å². The first-order chi connectivity index (χ1) is 19.7. The van der Waals surface area contributed by atoms with E-state index in [1.54, 1.807) is 61.6 Å². The molecule has 5 rings (SSSR count). The van der Waals surface area contributed by atoms with E-state index in [2.05, 4.69) is 4.98 Å². The molecule has 2 aromatic heterocycles. The maximum Gasteiger partial charge on any atom is 0.338 e. The van der Waals surface area contributed by atoms with Crippen molar-refractivity contribution in [2.24, 2.45) is 7.05 Å². The summed E-state index contributed by atoms with van der Waals surface area (Å²) in [4.78, 5) is 55.9. The first-order valence-electron chi connectivity index (χ1n) is 13.0. The Hall–Kier alpha value is -4.22. The van der Waals surface area contributed by atoms with E-state index in [9.17, 15) is 19.2 Å². The molecule has 0 amide bonds. The molecule has 1 aliphatic heterocycles. The second kappa shape index (κ2) is 11.7. The minimum absolute atomic E-state index is 0.0905. The van der Waals surface area contributed by atoms with Gasteiger partial charge in [0, 0.05) is 13.5 Å². The third-order valence-electron chi connectivity index (χ3n) is 7.03. The van der Waals surface area contributed by atoms with Gasteiger partial charge in [-0.1, -0.05) is 35.4 Å². The second-order valence-corrected chi connectivity index (χ2v) is 10.7. The zero-order chi connectivity index (χ0) is 29.3. The minimum atomic E-state index is -0.909. The molecule has 41 heavy (non-hydrogen) atoms. The van der Waals surface area contributed by atoms with Crippen molar-refractivity contribution in [3.8, 4) is 0 Å². The molecule has 1 fully saturated rings. The molecule has 0 saturated carbocycles. The number of rotatable bonds is 7. The number of nitrogens with zero attached hydrogens (tertiary/aromatic N) is 3.